The molecule has 0 aliphatic rings. The molecule has 19 heavy (non-hydrogen) atoms. The molecule has 0 aromatic heterocycles. The minimum atomic E-state index is -0.617. The Hall–Kier alpha value is -1.55. The van der Waals surface area contributed by atoms with Crippen LogP contribution in [-0.4, -0.2) is 37.1 Å². The smallest absolute Gasteiger partial charge is 0.222 e. The van der Waals surface area contributed by atoms with E-state index in [1.807, 2.05) is 26.0 Å². The Labute approximate surface area is 115 Å². The van der Waals surface area contributed by atoms with Gasteiger partial charge in [0.2, 0.25) is 5.91 Å². The number of carbonyl (C=O) groups excluding carboxylic acids is 1. The second-order valence-electron chi connectivity index (χ2n) is 5.02. The van der Waals surface area contributed by atoms with Crippen molar-refractivity contribution in [3.05, 3.63) is 28.8 Å². The maximum absolute atomic E-state index is 11.5. The van der Waals surface area contributed by atoms with Gasteiger partial charge in [-0.05, 0) is 49.1 Å². The molecule has 0 saturated heterocycles. The predicted octanol–water partition coefficient (Wildman–Crippen LogP) is 2.21. The highest BCUT2D eigenvalue weighted by Crippen LogP contribution is 2.28. The van der Waals surface area contributed by atoms with Crippen molar-refractivity contribution in [1.82, 2.24) is 4.90 Å². The van der Waals surface area contributed by atoms with Crippen molar-refractivity contribution >= 4 is 5.91 Å². The summed E-state index contributed by atoms with van der Waals surface area (Å²) in [6.45, 7) is 3.88. The number of aryl methyl sites for hydroxylation is 2. The molecule has 1 rings (SSSR count). The summed E-state index contributed by atoms with van der Waals surface area (Å²) in [5.41, 5.74) is 2.83. The van der Waals surface area contributed by atoms with E-state index in [1.54, 1.807) is 26.1 Å². The van der Waals surface area contributed by atoms with Crippen molar-refractivity contribution in [2.24, 2.45) is 0 Å². The van der Waals surface area contributed by atoms with Crippen LogP contribution >= 0.6 is 0 Å². The summed E-state index contributed by atoms with van der Waals surface area (Å²) in [4.78, 5) is 13.1. The van der Waals surface area contributed by atoms with Gasteiger partial charge in [-0.1, -0.05) is 0 Å². The molecule has 0 aliphatic heterocycles. The highest BCUT2D eigenvalue weighted by atomic mass is 16.5. The van der Waals surface area contributed by atoms with Crippen molar-refractivity contribution in [3.63, 3.8) is 0 Å². The molecule has 4 heteroatoms. The molecule has 0 aliphatic carbocycles. The molecule has 1 unspecified atom stereocenters. The highest BCUT2D eigenvalue weighted by Gasteiger charge is 2.15. The number of amides is 1. The standard InChI is InChI=1S/C15H23NO3/c1-10-9-14(19-5)11(2)8-12(10)13(17)6-7-15(18)16(3)4/h8-9,13,17H,6-7H2,1-5H3. The molecule has 1 atom stereocenters. The van der Waals surface area contributed by atoms with Crippen LogP contribution in [0.15, 0.2) is 12.1 Å². The van der Waals surface area contributed by atoms with E-state index in [4.69, 9.17) is 4.74 Å². The molecule has 0 bridgehead atoms. The monoisotopic (exact) mass is 265 g/mol. The van der Waals surface area contributed by atoms with Gasteiger partial charge in [-0.15, -0.1) is 0 Å². The third-order valence-corrected chi connectivity index (χ3v) is 3.27. The topological polar surface area (TPSA) is 49.8 Å². The van der Waals surface area contributed by atoms with Gasteiger partial charge in [0.05, 0.1) is 13.2 Å². The second-order valence-corrected chi connectivity index (χ2v) is 5.02. The molecule has 1 amide bonds. The first-order valence-corrected chi connectivity index (χ1v) is 6.40. The van der Waals surface area contributed by atoms with Crippen LogP contribution in [0.2, 0.25) is 0 Å². The zero-order chi connectivity index (χ0) is 14.6. The zero-order valence-electron chi connectivity index (χ0n) is 12.4. The molecule has 0 fully saturated rings. The van der Waals surface area contributed by atoms with Crippen LogP contribution < -0.4 is 4.74 Å². The fraction of sp³-hybridized carbons (Fsp3) is 0.533. The number of nitrogens with zero attached hydrogens (tertiary/aromatic N) is 1. The molecular formula is C15H23NO3. The van der Waals surface area contributed by atoms with Crippen molar-refractivity contribution in [3.8, 4) is 5.75 Å². The van der Waals surface area contributed by atoms with Crippen molar-refractivity contribution < 1.29 is 14.6 Å². The summed E-state index contributed by atoms with van der Waals surface area (Å²) in [5.74, 6) is 0.847. The Morgan fingerprint density at radius 2 is 1.95 bits per heavy atom. The van der Waals surface area contributed by atoms with Crippen LogP contribution in [0.1, 0.15) is 35.6 Å². The van der Waals surface area contributed by atoms with Crippen molar-refractivity contribution in [2.45, 2.75) is 32.8 Å². The molecule has 106 valence electrons. The molecule has 0 saturated carbocycles. The molecule has 0 radical (unpaired) electrons. The number of carbonyl (C=O) groups is 1. The minimum Gasteiger partial charge on any atom is -0.496 e. The molecule has 4 nitrogen and oxygen atoms in total. The summed E-state index contributed by atoms with van der Waals surface area (Å²) in [6, 6.07) is 3.85. The van der Waals surface area contributed by atoms with Gasteiger partial charge in [0, 0.05) is 20.5 Å². The second kappa shape index (κ2) is 6.57. The van der Waals surface area contributed by atoms with E-state index >= 15 is 0 Å². The summed E-state index contributed by atoms with van der Waals surface area (Å²) in [7, 11) is 5.07. The Kier molecular flexibility index (Phi) is 5.36. The minimum absolute atomic E-state index is 0.0296. The lowest BCUT2D eigenvalue weighted by Crippen LogP contribution is -2.22. The van der Waals surface area contributed by atoms with Gasteiger partial charge in [0.25, 0.3) is 0 Å². The number of ether oxygens (including phenoxy) is 1. The maximum Gasteiger partial charge on any atom is 0.222 e. The average molecular weight is 265 g/mol. The molecule has 1 aromatic carbocycles. The largest absolute Gasteiger partial charge is 0.496 e. The van der Waals surface area contributed by atoms with Crippen LogP contribution in [0, 0.1) is 13.8 Å². The number of methoxy groups -OCH3 is 1. The normalized spacial score (nSPS) is 12.1. The third kappa shape index (κ3) is 3.96. The Morgan fingerprint density at radius 1 is 1.32 bits per heavy atom. The first-order chi connectivity index (χ1) is 8.86. The lowest BCUT2D eigenvalue weighted by Gasteiger charge is -2.17. The van der Waals surface area contributed by atoms with Crippen LogP contribution in [0.5, 0.6) is 5.75 Å². The maximum atomic E-state index is 11.5. The molecule has 0 spiro atoms. The van der Waals surface area contributed by atoms with Crippen molar-refractivity contribution in [1.29, 1.82) is 0 Å². The van der Waals surface area contributed by atoms with E-state index in [-0.39, 0.29) is 5.91 Å². The van der Waals surface area contributed by atoms with Gasteiger partial charge in [0.15, 0.2) is 0 Å². The van der Waals surface area contributed by atoms with E-state index in [9.17, 15) is 9.90 Å². The lowest BCUT2D eigenvalue weighted by atomic mass is 9.97. The van der Waals surface area contributed by atoms with Crippen LogP contribution in [0.3, 0.4) is 0 Å². The van der Waals surface area contributed by atoms with Gasteiger partial charge in [-0.2, -0.15) is 0 Å². The molecular weight excluding hydrogens is 242 g/mol. The number of aliphatic hydroxyl groups is 1. The number of rotatable bonds is 5. The van der Waals surface area contributed by atoms with Gasteiger partial charge < -0.3 is 14.7 Å². The molecule has 0 heterocycles. The van der Waals surface area contributed by atoms with Gasteiger partial charge in [-0.3, -0.25) is 4.79 Å². The number of hydrogen-bond donors (Lipinski definition) is 1. The lowest BCUT2D eigenvalue weighted by molar-refractivity contribution is -0.129. The first-order valence-electron chi connectivity index (χ1n) is 6.40. The quantitative estimate of drug-likeness (QED) is 0.888. The third-order valence-electron chi connectivity index (χ3n) is 3.27. The van der Waals surface area contributed by atoms with Crippen LogP contribution in [0.25, 0.3) is 0 Å². The highest BCUT2D eigenvalue weighted by molar-refractivity contribution is 5.75. The van der Waals surface area contributed by atoms with E-state index < -0.39 is 6.10 Å². The van der Waals surface area contributed by atoms with E-state index in [0.29, 0.717) is 12.8 Å². The number of hydrogen-bond acceptors (Lipinski definition) is 3. The van der Waals surface area contributed by atoms with E-state index in [2.05, 4.69) is 0 Å². The molecule has 1 N–H and O–H groups in total. The Balaban J connectivity index is 2.80. The SMILES string of the molecule is COc1cc(C)c(C(O)CCC(=O)N(C)C)cc1C. The predicted molar refractivity (Wildman–Crippen MR) is 75.4 cm³/mol. The number of benzene rings is 1. The Bertz CT molecular complexity index is 455. The van der Waals surface area contributed by atoms with E-state index in [1.165, 1.54) is 0 Å². The van der Waals surface area contributed by atoms with Gasteiger partial charge >= 0.3 is 0 Å². The summed E-state index contributed by atoms with van der Waals surface area (Å²) < 4.78 is 5.25. The number of aliphatic hydroxyl groups excluding tert-OH is 1. The summed E-state index contributed by atoms with van der Waals surface area (Å²) in [5, 5.41) is 10.2. The van der Waals surface area contributed by atoms with Gasteiger partial charge in [0.1, 0.15) is 5.75 Å². The van der Waals surface area contributed by atoms with Gasteiger partial charge in [-0.25, -0.2) is 0 Å². The fourth-order valence-electron chi connectivity index (χ4n) is 2.03. The molecule has 1 aromatic rings. The zero-order valence-corrected chi connectivity index (χ0v) is 12.4. The summed E-state index contributed by atoms with van der Waals surface area (Å²) in [6.07, 6.45) is 0.163. The fourth-order valence-corrected chi connectivity index (χ4v) is 2.03. The first kappa shape index (κ1) is 15.5. The average Bonchev–Trinajstić information content (AvgIpc) is 2.37. The van der Waals surface area contributed by atoms with Crippen LogP contribution in [0.4, 0.5) is 0 Å². The van der Waals surface area contributed by atoms with E-state index in [0.717, 1.165) is 22.4 Å². The summed E-state index contributed by atoms with van der Waals surface area (Å²) >= 11 is 0. The van der Waals surface area contributed by atoms with Crippen molar-refractivity contribution in [2.75, 3.05) is 21.2 Å². The van der Waals surface area contributed by atoms with Crippen LogP contribution in [-0.2, 0) is 4.79 Å². The Morgan fingerprint density at radius 3 is 2.47 bits per heavy atom.